The Hall–Kier alpha value is -2.57. The summed E-state index contributed by atoms with van der Waals surface area (Å²) in [5.41, 5.74) is 1.90. The summed E-state index contributed by atoms with van der Waals surface area (Å²) in [7, 11) is 0. The number of ether oxygens (including phenoxy) is 1. The van der Waals surface area contributed by atoms with Crippen LogP contribution >= 0.6 is 0 Å². The predicted octanol–water partition coefficient (Wildman–Crippen LogP) is 1.00. The summed E-state index contributed by atoms with van der Waals surface area (Å²) in [5.74, 6) is 0.219. The van der Waals surface area contributed by atoms with Gasteiger partial charge in [-0.15, -0.1) is 0 Å². The number of carbonyl (C=O) groups excluding carboxylic acids is 3. The van der Waals surface area contributed by atoms with Crippen molar-refractivity contribution in [2.45, 2.75) is 51.3 Å². The molecule has 2 aliphatic heterocycles. The minimum Gasteiger partial charge on any atom is -0.487 e. The van der Waals surface area contributed by atoms with E-state index >= 15 is 0 Å². The molecule has 128 valence electrons. The fourth-order valence-electron chi connectivity index (χ4n) is 3.01. The van der Waals surface area contributed by atoms with Gasteiger partial charge in [0.1, 0.15) is 17.4 Å². The Labute approximate surface area is 140 Å². The molecule has 1 aromatic carbocycles. The topological polar surface area (TPSA) is 96.5 Å². The first-order chi connectivity index (χ1) is 11.3. The minimum absolute atomic E-state index is 0.141. The molecule has 0 saturated carbocycles. The standard InChI is InChI=1S/C17H21N3O4/c1-17(2)8-11-7-10(3-5-13(11)24-17)9-18-15(22)12-4-6-14(21)20-16(23)19-12/h3,5,7,12H,4,6,8-9H2,1-2H3,(H,18,22)(H2,19,20,21,23)/t12-/m1/s1. The van der Waals surface area contributed by atoms with Crippen molar-refractivity contribution in [3.8, 4) is 5.75 Å². The Kier molecular flexibility index (Phi) is 4.17. The Morgan fingerprint density at radius 3 is 2.96 bits per heavy atom. The number of carbonyl (C=O) groups is 3. The molecule has 3 rings (SSSR count). The number of hydrogen-bond donors (Lipinski definition) is 3. The molecule has 0 radical (unpaired) electrons. The zero-order valence-electron chi connectivity index (χ0n) is 13.8. The van der Waals surface area contributed by atoms with E-state index in [0.29, 0.717) is 6.54 Å². The molecule has 24 heavy (non-hydrogen) atoms. The average Bonchev–Trinajstić information content (AvgIpc) is 2.70. The van der Waals surface area contributed by atoms with Crippen LogP contribution in [0.1, 0.15) is 37.8 Å². The molecule has 1 aromatic rings. The molecule has 0 unspecified atom stereocenters. The number of imide groups is 1. The van der Waals surface area contributed by atoms with E-state index in [2.05, 4.69) is 16.0 Å². The van der Waals surface area contributed by atoms with Gasteiger partial charge >= 0.3 is 6.03 Å². The molecule has 4 amide bonds. The van der Waals surface area contributed by atoms with Crippen molar-refractivity contribution in [3.05, 3.63) is 29.3 Å². The smallest absolute Gasteiger partial charge is 0.322 e. The van der Waals surface area contributed by atoms with Gasteiger partial charge in [-0.1, -0.05) is 12.1 Å². The van der Waals surface area contributed by atoms with Gasteiger partial charge < -0.3 is 15.4 Å². The molecule has 0 spiro atoms. The van der Waals surface area contributed by atoms with Crippen LogP contribution in [-0.4, -0.2) is 29.5 Å². The van der Waals surface area contributed by atoms with Gasteiger partial charge in [-0.05, 0) is 37.5 Å². The van der Waals surface area contributed by atoms with Gasteiger partial charge in [0, 0.05) is 19.4 Å². The second-order valence-corrected chi connectivity index (χ2v) is 6.81. The highest BCUT2D eigenvalue weighted by molar-refractivity contribution is 5.98. The van der Waals surface area contributed by atoms with E-state index in [9.17, 15) is 14.4 Å². The van der Waals surface area contributed by atoms with Gasteiger partial charge in [-0.2, -0.15) is 0 Å². The molecule has 7 nitrogen and oxygen atoms in total. The number of rotatable bonds is 3. The highest BCUT2D eigenvalue weighted by Gasteiger charge is 2.30. The van der Waals surface area contributed by atoms with Crippen LogP contribution in [0, 0.1) is 0 Å². The van der Waals surface area contributed by atoms with E-state index in [4.69, 9.17) is 4.74 Å². The Bertz CT molecular complexity index is 699. The summed E-state index contributed by atoms with van der Waals surface area (Å²) in [6.07, 6.45) is 1.26. The SMILES string of the molecule is CC1(C)Cc2cc(CNC(=O)[C@H]3CCC(=O)NC(=O)N3)ccc2O1. The lowest BCUT2D eigenvalue weighted by atomic mass is 10.0. The second-order valence-electron chi connectivity index (χ2n) is 6.81. The van der Waals surface area contributed by atoms with Crippen LogP contribution in [-0.2, 0) is 22.6 Å². The third kappa shape index (κ3) is 3.67. The highest BCUT2D eigenvalue weighted by Crippen LogP contribution is 2.35. The summed E-state index contributed by atoms with van der Waals surface area (Å²) in [6.45, 7) is 4.44. The molecule has 0 aliphatic carbocycles. The molecule has 1 saturated heterocycles. The number of urea groups is 1. The van der Waals surface area contributed by atoms with Gasteiger partial charge in [-0.3, -0.25) is 14.9 Å². The zero-order chi connectivity index (χ0) is 17.3. The van der Waals surface area contributed by atoms with Crippen molar-refractivity contribution < 1.29 is 19.1 Å². The Morgan fingerprint density at radius 2 is 2.17 bits per heavy atom. The monoisotopic (exact) mass is 331 g/mol. The lowest BCUT2D eigenvalue weighted by Gasteiger charge is -2.16. The van der Waals surface area contributed by atoms with E-state index in [1.165, 1.54) is 0 Å². The van der Waals surface area contributed by atoms with Crippen molar-refractivity contribution in [1.82, 2.24) is 16.0 Å². The van der Waals surface area contributed by atoms with Crippen LogP contribution in [0.5, 0.6) is 5.75 Å². The van der Waals surface area contributed by atoms with Gasteiger partial charge in [0.05, 0.1) is 0 Å². The van der Waals surface area contributed by atoms with Crippen molar-refractivity contribution in [1.29, 1.82) is 0 Å². The largest absolute Gasteiger partial charge is 0.487 e. The van der Waals surface area contributed by atoms with Crippen LogP contribution in [0.15, 0.2) is 18.2 Å². The maximum atomic E-state index is 12.2. The number of fused-ring (bicyclic) bond motifs is 1. The van der Waals surface area contributed by atoms with Crippen molar-refractivity contribution in [3.63, 3.8) is 0 Å². The maximum Gasteiger partial charge on any atom is 0.322 e. The second kappa shape index (κ2) is 6.14. The summed E-state index contributed by atoms with van der Waals surface area (Å²) in [4.78, 5) is 34.9. The Morgan fingerprint density at radius 1 is 1.38 bits per heavy atom. The minimum atomic E-state index is -0.701. The first-order valence-electron chi connectivity index (χ1n) is 8.01. The molecular weight excluding hydrogens is 310 g/mol. The fraction of sp³-hybridized carbons (Fsp3) is 0.471. The average molecular weight is 331 g/mol. The lowest BCUT2D eigenvalue weighted by molar-refractivity contribution is -0.123. The molecule has 7 heteroatoms. The molecule has 1 fully saturated rings. The summed E-state index contributed by atoms with van der Waals surface area (Å²) < 4.78 is 5.83. The van der Waals surface area contributed by atoms with E-state index in [0.717, 1.165) is 23.3 Å². The first-order valence-corrected chi connectivity index (χ1v) is 8.01. The third-order valence-corrected chi connectivity index (χ3v) is 4.13. The van der Waals surface area contributed by atoms with E-state index < -0.39 is 12.1 Å². The maximum absolute atomic E-state index is 12.2. The highest BCUT2D eigenvalue weighted by atomic mass is 16.5. The van der Waals surface area contributed by atoms with Gasteiger partial charge in [-0.25, -0.2) is 4.79 Å². The van der Waals surface area contributed by atoms with Crippen molar-refractivity contribution >= 4 is 17.8 Å². The van der Waals surface area contributed by atoms with Crippen LogP contribution in [0.4, 0.5) is 4.79 Å². The first kappa shape index (κ1) is 16.3. The van der Waals surface area contributed by atoms with E-state index in [-0.39, 0.29) is 30.3 Å². The number of hydrogen-bond acceptors (Lipinski definition) is 4. The summed E-state index contributed by atoms with van der Waals surface area (Å²) in [5, 5.41) is 7.46. The Balaban J connectivity index is 1.59. The normalized spacial score (nSPS) is 21.8. The molecule has 0 bridgehead atoms. The van der Waals surface area contributed by atoms with Crippen molar-refractivity contribution in [2.75, 3.05) is 0 Å². The van der Waals surface area contributed by atoms with Gasteiger partial charge in [0.25, 0.3) is 0 Å². The number of benzene rings is 1. The van der Waals surface area contributed by atoms with Crippen molar-refractivity contribution in [2.24, 2.45) is 0 Å². The number of nitrogens with one attached hydrogen (secondary N) is 3. The van der Waals surface area contributed by atoms with E-state index in [1.54, 1.807) is 0 Å². The molecular formula is C17H21N3O4. The van der Waals surface area contributed by atoms with Gasteiger partial charge in [0.2, 0.25) is 11.8 Å². The van der Waals surface area contributed by atoms with Crippen LogP contribution in [0.3, 0.4) is 0 Å². The van der Waals surface area contributed by atoms with Crippen LogP contribution in [0.2, 0.25) is 0 Å². The quantitative estimate of drug-likeness (QED) is 0.770. The summed E-state index contributed by atoms with van der Waals surface area (Å²) in [6, 6.07) is 4.53. The molecule has 2 heterocycles. The number of amides is 4. The lowest BCUT2D eigenvalue weighted by Crippen LogP contribution is -2.48. The van der Waals surface area contributed by atoms with Gasteiger partial charge in [0.15, 0.2) is 0 Å². The summed E-state index contributed by atoms with van der Waals surface area (Å²) >= 11 is 0. The van der Waals surface area contributed by atoms with Crippen LogP contribution < -0.4 is 20.7 Å². The zero-order valence-corrected chi connectivity index (χ0v) is 13.8. The molecule has 0 aromatic heterocycles. The molecule has 2 aliphatic rings. The molecule has 1 atom stereocenters. The fourth-order valence-corrected chi connectivity index (χ4v) is 3.01. The van der Waals surface area contributed by atoms with Crippen LogP contribution in [0.25, 0.3) is 0 Å². The third-order valence-electron chi connectivity index (χ3n) is 4.13. The predicted molar refractivity (Wildman–Crippen MR) is 86.4 cm³/mol. The molecule has 3 N–H and O–H groups in total. The van der Waals surface area contributed by atoms with E-state index in [1.807, 2.05) is 32.0 Å².